The monoisotopic (exact) mass is 217 g/mol. The molecule has 0 amide bonds. The van der Waals surface area contributed by atoms with Crippen LogP contribution in [0.1, 0.15) is 33.6 Å². The predicted molar refractivity (Wildman–Crippen MR) is 59.8 cm³/mol. The molecule has 0 unspecified atom stereocenters. The van der Waals surface area contributed by atoms with Gasteiger partial charge in [-0.05, 0) is 19.9 Å². The molecule has 4 heteroatoms. The number of nitrogens with one attached hydrogen (secondary N) is 1. The van der Waals surface area contributed by atoms with Gasteiger partial charge in [0.25, 0.3) is 0 Å². The molecule has 0 fully saturated rings. The standard InChI is InChI=1S/C11H23NO3/c1-4-14-8-9-15-11(13)6-5-7-12-10(2)3/h10,12H,4-9H2,1-3H3. The molecule has 15 heavy (non-hydrogen) atoms. The highest BCUT2D eigenvalue weighted by Crippen LogP contribution is 1.92. The fraction of sp³-hybridized carbons (Fsp3) is 0.909. The molecule has 0 rings (SSSR count). The SMILES string of the molecule is CCOCCOC(=O)CCCNC(C)C. The van der Waals surface area contributed by atoms with Crippen molar-refractivity contribution in [2.24, 2.45) is 0 Å². The Morgan fingerprint density at radius 3 is 2.67 bits per heavy atom. The summed E-state index contributed by atoms with van der Waals surface area (Å²) in [4.78, 5) is 11.1. The average molecular weight is 217 g/mol. The third-order valence-electron chi connectivity index (χ3n) is 1.81. The summed E-state index contributed by atoms with van der Waals surface area (Å²) in [6, 6.07) is 0.471. The maximum Gasteiger partial charge on any atom is 0.305 e. The van der Waals surface area contributed by atoms with Gasteiger partial charge in [0.05, 0.1) is 6.61 Å². The number of hydrogen-bond acceptors (Lipinski definition) is 4. The van der Waals surface area contributed by atoms with Crippen LogP contribution in [0.25, 0.3) is 0 Å². The molecule has 0 aliphatic carbocycles. The number of ether oxygens (including phenoxy) is 2. The first-order valence-corrected chi connectivity index (χ1v) is 5.63. The van der Waals surface area contributed by atoms with E-state index in [4.69, 9.17) is 9.47 Å². The van der Waals surface area contributed by atoms with Crippen LogP contribution in [0.15, 0.2) is 0 Å². The van der Waals surface area contributed by atoms with Crippen molar-refractivity contribution in [1.29, 1.82) is 0 Å². The quantitative estimate of drug-likeness (QED) is 0.468. The Bertz CT molecular complexity index is 160. The number of hydrogen-bond donors (Lipinski definition) is 1. The normalized spacial score (nSPS) is 10.7. The lowest BCUT2D eigenvalue weighted by molar-refractivity contribution is -0.145. The van der Waals surface area contributed by atoms with Gasteiger partial charge in [0.2, 0.25) is 0 Å². The molecule has 0 aliphatic rings. The fourth-order valence-electron chi connectivity index (χ4n) is 1.05. The van der Waals surface area contributed by atoms with Crippen LogP contribution in [0.2, 0.25) is 0 Å². The molecular weight excluding hydrogens is 194 g/mol. The Morgan fingerprint density at radius 2 is 2.07 bits per heavy atom. The first-order valence-electron chi connectivity index (χ1n) is 5.63. The van der Waals surface area contributed by atoms with Crippen molar-refractivity contribution in [3.05, 3.63) is 0 Å². The van der Waals surface area contributed by atoms with Crippen LogP contribution in [0, 0.1) is 0 Å². The molecule has 0 heterocycles. The van der Waals surface area contributed by atoms with E-state index in [1.165, 1.54) is 0 Å². The number of esters is 1. The minimum Gasteiger partial charge on any atom is -0.463 e. The van der Waals surface area contributed by atoms with Crippen molar-refractivity contribution < 1.29 is 14.3 Å². The zero-order valence-corrected chi connectivity index (χ0v) is 10.0. The fourth-order valence-corrected chi connectivity index (χ4v) is 1.05. The van der Waals surface area contributed by atoms with E-state index < -0.39 is 0 Å². The van der Waals surface area contributed by atoms with E-state index in [1.54, 1.807) is 0 Å². The van der Waals surface area contributed by atoms with E-state index >= 15 is 0 Å². The Labute approximate surface area is 92.3 Å². The van der Waals surface area contributed by atoms with Gasteiger partial charge in [0, 0.05) is 19.1 Å². The molecule has 0 saturated carbocycles. The van der Waals surface area contributed by atoms with Gasteiger partial charge >= 0.3 is 5.97 Å². The van der Waals surface area contributed by atoms with Crippen LogP contribution >= 0.6 is 0 Å². The molecule has 0 radical (unpaired) electrons. The van der Waals surface area contributed by atoms with Gasteiger partial charge in [0.15, 0.2) is 0 Å². The van der Waals surface area contributed by atoms with Crippen LogP contribution in [0.4, 0.5) is 0 Å². The third-order valence-corrected chi connectivity index (χ3v) is 1.81. The van der Waals surface area contributed by atoms with Crippen LogP contribution in [-0.2, 0) is 14.3 Å². The van der Waals surface area contributed by atoms with Gasteiger partial charge in [-0.15, -0.1) is 0 Å². The second kappa shape index (κ2) is 9.93. The predicted octanol–water partition coefficient (Wildman–Crippen LogP) is 1.34. The smallest absolute Gasteiger partial charge is 0.305 e. The molecule has 0 aromatic carbocycles. The summed E-state index contributed by atoms with van der Waals surface area (Å²) >= 11 is 0. The number of rotatable bonds is 9. The minimum atomic E-state index is -0.139. The van der Waals surface area contributed by atoms with E-state index in [1.807, 2.05) is 6.92 Å². The van der Waals surface area contributed by atoms with Crippen molar-refractivity contribution in [3.8, 4) is 0 Å². The Balaban J connectivity index is 3.19. The van der Waals surface area contributed by atoms with Crippen molar-refractivity contribution in [1.82, 2.24) is 5.32 Å². The molecule has 90 valence electrons. The van der Waals surface area contributed by atoms with Crippen molar-refractivity contribution >= 4 is 5.97 Å². The molecule has 0 aromatic rings. The first kappa shape index (κ1) is 14.4. The molecule has 1 N–H and O–H groups in total. The van der Waals surface area contributed by atoms with E-state index in [0.29, 0.717) is 32.3 Å². The molecule has 0 bridgehead atoms. The van der Waals surface area contributed by atoms with Crippen molar-refractivity contribution in [2.75, 3.05) is 26.4 Å². The van der Waals surface area contributed by atoms with Gasteiger partial charge < -0.3 is 14.8 Å². The Hall–Kier alpha value is -0.610. The summed E-state index contributed by atoms with van der Waals surface area (Å²) in [5.41, 5.74) is 0. The van der Waals surface area contributed by atoms with Gasteiger partial charge in [-0.1, -0.05) is 13.8 Å². The summed E-state index contributed by atoms with van der Waals surface area (Å²) in [5.74, 6) is -0.139. The first-order chi connectivity index (χ1) is 7.16. The van der Waals surface area contributed by atoms with Crippen LogP contribution in [0.3, 0.4) is 0 Å². The highest BCUT2D eigenvalue weighted by molar-refractivity contribution is 5.69. The summed E-state index contributed by atoms with van der Waals surface area (Å²) in [6.07, 6.45) is 1.30. The van der Waals surface area contributed by atoms with Crippen LogP contribution < -0.4 is 5.32 Å². The topological polar surface area (TPSA) is 47.6 Å². The largest absolute Gasteiger partial charge is 0.463 e. The summed E-state index contributed by atoms with van der Waals surface area (Å²) in [5, 5.41) is 3.24. The van der Waals surface area contributed by atoms with Gasteiger partial charge in [0.1, 0.15) is 6.61 Å². The van der Waals surface area contributed by atoms with Crippen molar-refractivity contribution in [3.63, 3.8) is 0 Å². The van der Waals surface area contributed by atoms with E-state index in [0.717, 1.165) is 13.0 Å². The maximum atomic E-state index is 11.1. The van der Waals surface area contributed by atoms with E-state index in [-0.39, 0.29) is 5.97 Å². The van der Waals surface area contributed by atoms with Crippen LogP contribution in [-0.4, -0.2) is 38.4 Å². The summed E-state index contributed by atoms with van der Waals surface area (Å²) in [7, 11) is 0. The minimum absolute atomic E-state index is 0.139. The molecule has 0 spiro atoms. The molecule has 0 atom stereocenters. The highest BCUT2D eigenvalue weighted by atomic mass is 16.6. The summed E-state index contributed by atoms with van der Waals surface area (Å²) in [6.45, 7) is 8.46. The molecule has 0 aromatic heterocycles. The second-order valence-corrected chi connectivity index (χ2v) is 3.63. The molecule has 0 saturated heterocycles. The Morgan fingerprint density at radius 1 is 1.33 bits per heavy atom. The van der Waals surface area contributed by atoms with Crippen molar-refractivity contribution in [2.45, 2.75) is 39.7 Å². The zero-order chi connectivity index (χ0) is 11.5. The summed E-state index contributed by atoms with van der Waals surface area (Å²) < 4.78 is 10.0. The molecular formula is C11H23NO3. The second-order valence-electron chi connectivity index (χ2n) is 3.63. The van der Waals surface area contributed by atoms with Gasteiger partial charge in [-0.3, -0.25) is 4.79 Å². The highest BCUT2D eigenvalue weighted by Gasteiger charge is 2.02. The Kier molecular flexibility index (Phi) is 9.52. The average Bonchev–Trinajstić information content (AvgIpc) is 2.19. The van der Waals surface area contributed by atoms with Gasteiger partial charge in [-0.2, -0.15) is 0 Å². The maximum absolute atomic E-state index is 11.1. The van der Waals surface area contributed by atoms with Gasteiger partial charge in [-0.25, -0.2) is 0 Å². The third kappa shape index (κ3) is 11.3. The molecule has 0 aliphatic heterocycles. The lowest BCUT2D eigenvalue weighted by atomic mass is 10.3. The zero-order valence-electron chi connectivity index (χ0n) is 10.0. The van der Waals surface area contributed by atoms with E-state index in [2.05, 4.69) is 19.2 Å². The number of carbonyl (C=O) groups excluding carboxylic acids is 1. The lowest BCUT2D eigenvalue weighted by Gasteiger charge is -2.07. The lowest BCUT2D eigenvalue weighted by Crippen LogP contribution is -2.24. The van der Waals surface area contributed by atoms with Crippen LogP contribution in [0.5, 0.6) is 0 Å². The number of carbonyl (C=O) groups is 1. The molecule has 4 nitrogen and oxygen atoms in total. The van der Waals surface area contributed by atoms with E-state index in [9.17, 15) is 4.79 Å².